The number of anilines is 2. The fourth-order valence-electron chi connectivity index (χ4n) is 2.55. The van der Waals surface area contributed by atoms with Gasteiger partial charge in [0.15, 0.2) is 11.6 Å². The molecule has 132 valence electrons. The number of carbonyl (C=O) groups is 1. The van der Waals surface area contributed by atoms with Crippen molar-refractivity contribution in [2.24, 2.45) is 0 Å². The minimum Gasteiger partial charge on any atom is -0.376 e. The Bertz CT molecular complexity index is 779. The van der Waals surface area contributed by atoms with E-state index < -0.39 is 11.6 Å². The molecule has 0 saturated carbocycles. The molecule has 1 aliphatic rings. The molecule has 1 atom stereocenters. The SMILES string of the molecule is Cc1cc(C(=O)NCC2CCCO2)nc(Nc2ccc(F)c(F)c2)n1. The van der Waals surface area contributed by atoms with Crippen molar-refractivity contribution in [2.75, 3.05) is 18.5 Å². The molecule has 1 fully saturated rings. The molecule has 2 aromatic rings. The first kappa shape index (κ1) is 17.2. The molecule has 1 aliphatic heterocycles. The minimum atomic E-state index is -0.979. The predicted octanol–water partition coefficient (Wildman–Crippen LogP) is 2.72. The monoisotopic (exact) mass is 348 g/mol. The molecule has 2 N–H and O–H groups in total. The Morgan fingerprint density at radius 2 is 2.12 bits per heavy atom. The third-order valence-electron chi connectivity index (χ3n) is 3.78. The first-order chi connectivity index (χ1) is 12.0. The lowest BCUT2D eigenvalue weighted by molar-refractivity contribution is 0.0853. The molecule has 25 heavy (non-hydrogen) atoms. The van der Waals surface area contributed by atoms with Gasteiger partial charge in [0.25, 0.3) is 5.91 Å². The van der Waals surface area contributed by atoms with Gasteiger partial charge >= 0.3 is 0 Å². The first-order valence-corrected chi connectivity index (χ1v) is 7.99. The summed E-state index contributed by atoms with van der Waals surface area (Å²) in [5, 5.41) is 5.56. The number of nitrogens with one attached hydrogen (secondary N) is 2. The van der Waals surface area contributed by atoms with Gasteiger partial charge in [-0.25, -0.2) is 18.7 Å². The van der Waals surface area contributed by atoms with E-state index in [4.69, 9.17) is 4.74 Å². The summed E-state index contributed by atoms with van der Waals surface area (Å²) in [5.41, 5.74) is 1.05. The highest BCUT2D eigenvalue weighted by Gasteiger charge is 2.18. The van der Waals surface area contributed by atoms with E-state index in [0.29, 0.717) is 12.2 Å². The summed E-state index contributed by atoms with van der Waals surface area (Å²) < 4.78 is 31.7. The van der Waals surface area contributed by atoms with E-state index in [1.807, 2.05) is 0 Å². The van der Waals surface area contributed by atoms with Crippen molar-refractivity contribution in [3.8, 4) is 0 Å². The molecule has 1 unspecified atom stereocenters. The van der Waals surface area contributed by atoms with E-state index >= 15 is 0 Å². The molecule has 0 bridgehead atoms. The number of amides is 1. The molecule has 8 heteroatoms. The molecular weight excluding hydrogens is 330 g/mol. The number of rotatable bonds is 5. The summed E-state index contributed by atoms with van der Waals surface area (Å²) in [5.74, 6) is -2.13. The number of aromatic nitrogens is 2. The van der Waals surface area contributed by atoms with Gasteiger partial charge in [0, 0.05) is 30.6 Å². The Morgan fingerprint density at radius 1 is 1.28 bits per heavy atom. The summed E-state index contributed by atoms with van der Waals surface area (Å²) in [6.45, 7) is 2.86. The van der Waals surface area contributed by atoms with Gasteiger partial charge in [0.2, 0.25) is 5.95 Å². The van der Waals surface area contributed by atoms with Gasteiger partial charge in [0.1, 0.15) is 5.69 Å². The van der Waals surface area contributed by atoms with Gasteiger partial charge in [-0.15, -0.1) is 0 Å². The first-order valence-electron chi connectivity index (χ1n) is 7.99. The molecule has 1 aromatic heterocycles. The summed E-state index contributed by atoms with van der Waals surface area (Å²) in [7, 11) is 0. The van der Waals surface area contributed by atoms with Crippen LogP contribution in [0.3, 0.4) is 0 Å². The number of carbonyl (C=O) groups excluding carboxylic acids is 1. The number of benzene rings is 1. The van der Waals surface area contributed by atoms with Crippen molar-refractivity contribution in [2.45, 2.75) is 25.9 Å². The summed E-state index contributed by atoms with van der Waals surface area (Å²) in [4.78, 5) is 20.6. The van der Waals surface area contributed by atoms with E-state index in [-0.39, 0.29) is 29.3 Å². The molecule has 2 heterocycles. The van der Waals surface area contributed by atoms with Gasteiger partial charge in [-0.3, -0.25) is 4.79 Å². The summed E-state index contributed by atoms with van der Waals surface area (Å²) >= 11 is 0. The highest BCUT2D eigenvalue weighted by molar-refractivity contribution is 5.92. The maximum absolute atomic E-state index is 13.3. The smallest absolute Gasteiger partial charge is 0.270 e. The van der Waals surface area contributed by atoms with Crippen LogP contribution in [0.4, 0.5) is 20.4 Å². The average molecular weight is 348 g/mol. The topological polar surface area (TPSA) is 76.1 Å². The van der Waals surface area contributed by atoms with E-state index in [9.17, 15) is 13.6 Å². The van der Waals surface area contributed by atoms with Crippen LogP contribution in [-0.2, 0) is 4.74 Å². The van der Waals surface area contributed by atoms with Crippen LogP contribution in [0.5, 0.6) is 0 Å². The van der Waals surface area contributed by atoms with Crippen molar-refractivity contribution in [1.82, 2.24) is 15.3 Å². The Balaban J connectivity index is 1.70. The predicted molar refractivity (Wildman–Crippen MR) is 87.7 cm³/mol. The van der Waals surface area contributed by atoms with Gasteiger partial charge in [-0.1, -0.05) is 0 Å². The lowest BCUT2D eigenvalue weighted by Gasteiger charge is -2.12. The highest BCUT2D eigenvalue weighted by Crippen LogP contribution is 2.17. The van der Waals surface area contributed by atoms with Crippen molar-refractivity contribution < 1.29 is 18.3 Å². The number of ether oxygens (including phenoxy) is 1. The lowest BCUT2D eigenvalue weighted by atomic mass is 10.2. The Hall–Kier alpha value is -2.61. The largest absolute Gasteiger partial charge is 0.376 e. The van der Waals surface area contributed by atoms with Crippen molar-refractivity contribution >= 4 is 17.5 Å². The third-order valence-corrected chi connectivity index (χ3v) is 3.78. The zero-order valence-corrected chi connectivity index (χ0v) is 13.7. The Kier molecular flexibility index (Phi) is 5.18. The normalized spacial score (nSPS) is 16.7. The zero-order chi connectivity index (χ0) is 17.8. The number of aryl methyl sites for hydroxylation is 1. The maximum atomic E-state index is 13.3. The van der Waals surface area contributed by atoms with Crippen LogP contribution in [0.25, 0.3) is 0 Å². The lowest BCUT2D eigenvalue weighted by Crippen LogP contribution is -2.32. The number of hydrogen-bond acceptors (Lipinski definition) is 5. The molecule has 3 rings (SSSR count). The van der Waals surface area contributed by atoms with Crippen LogP contribution in [0.1, 0.15) is 29.0 Å². The molecule has 0 spiro atoms. The van der Waals surface area contributed by atoms with Gasteiger partial charge in [-0.2, -0.15) is 0 Å². The Morgan fingerprint density at radius 3 is 2.84 bits per heavy atom. The van der Waals surface area contributed by atoms with Gasteiger partial charge in [0.05, 0.1) is 6.10 Å². The van der Waals surface area contributed by atoms with Gasteiger partial charge in [-0.05, 0) is 38.0 Å². The maximum Gasteiger partial charge on any atom is 0.270 e. The second-order valence-corrected chi connectivity index (χ2v) is 5.82. The molecule has 0 radical (unpaired) electrons. The molecule has 1 saturated heterocycles. The standard InChI is InChI=1S/C17H18F2N4O2/c1-10-7-15(16(24)20-9-12-3-2-6-25-12)23-17(21-10)22-11-4-5-13(18)14(19)8-11/h4-5,7-8,12H,2-3,6,9H2,1H3,(H,20,24)(H,21,22,23). The second kappa shape index (κ2) is 7.52. The van der Waals surface area contributed by atoms with Crippen molar-refractivity contribution in [1.29, 1.82) is 0 Å². The zero-order valence-electron chi connectivity index (χ0n) is 13.7. The van der Waals surface area contributed by atoms with E-state index in [1.165, 1.54) is 6.07 Å². The fourth-order valence-corrected chi connectivity index (χ4v) is 2.55. The van der Waals surface area contributed by atoms with E-state index in [1.54, 1.807) is 13.0 Å². The van der Waals surface area contributed by atoms with Crippen LogP contribution >= 0.6 is 0 Å². The van der Waals surface area contributed by atoms with E-state index in [2.05, 4.69) is 20.6 Å². The quantitative estimate of drug-likeness (QED) is 0.869. The van der Waals surface area contributed by atoms with Crippen LogP contribution in [-0.4, -0.2) is 35.1 Å². The second-order valence-electron chi connectivity index (χ2n) is 5.82. The van der Waals surface area contributed by atoms with Crippen LogP contribution in [0, 0.1) is 18.6 Å². The number of hydrogen-bond donors (Lipinski definition) is 2. The number of nitrogens with zero attached hydrogens (tertiary/aromatic N) is 2. The summed E-state index contributed by atoms with van der Waals surface area (Å²) in [6.07, 6.45) is 1.95. The van der Waals surface area contributed by atoms with Crippen LogP contribution in [0.15, 0.2) is 24.3 Å². The van der Waals surface area contributed by atoms with Gasteiger partial charge < -0.3 is 15.4 Å². The summed E-state index contributed by atoms with van der Waals surface area (Å²) in [6, 6.07) is 4.92. The molecule has 1 amide bonds. The molecule has 1 aromatic carbocycles. The third kappa shape index (κ3) is 4.48. The van der Waals surface area contributed by atoms with E-state index in [0.717, 1.165) is 31.6 Å². The number of halogens is 2. The Labute approximate surface area is 143 Å². The fraction of sp³-hybridized carbons (Fsp3) is 0.353. The van der Waals surface area contributed by atoms with Crippen LogP contribution in [0.2, 0.25) is 0 Å². The average Bonchev–Trinajstić information content (AvgIpc) is 3.09. The highest BCUT2D eigenvalue weighted by atomic mass is 19.2. The molecule has 6 nitrogen and oxygen atoms in total. The van der Waals surface area contributed by atoms with Crippen molar-refractivity contribution in [3.63, 3.8) is 0 Å². The molecule has 0 aliphatic carbocycles. The van der Waals surface area contributed by atoms with Crippen molar-refractivity contribution in [3.05, 3.63) is 47.3 Å². The van der Waals surface area contributed by atoms with Crippen LogP contribution < -0.4 is 10.6 Å². The minimum absolute atomic E-state index is 0.0340. The molecular formula is C17H18F2N4O2.